The third-order valence-corrected chi connectivity index (χ3v) is 6.02. The van der Waals surface area contributed by atoms with Gasteiger partial charge in [-0.1, -0.05) is 51.4 Å². The summed E-state index contributed by atoms with van der Waals surface area (Å²) in [5.74, 6) is 1.01. The average molecular weight is 415 g/mol. The van der Waals surface area contributed by atoms with Gasteiger partial charge < -0.3 is 4.90 Å². The third-order valence-electron chi connectivity index (χ3n) is 5.78. The molecule has 0 spiro atoms. The van der Waals surface area contributed by atoms with E-state index in [-0.39, 0.29) is 5.91 Å². The Hall–Kier alpha value is -1.87. The number of aromatic nitrogens is 1. The highest BCUT2D eigenvalue weighted by atomic mass is 35.5. The Morgan fingerprint density at radius 2 is 1.69 bits per heavy atom. The number of hydrogen-bond acceptors (Lipinski definition) is 2. The fraction of sp³-hybridized carbons (Fsp3) is 0.520. The van der Waals surface area contributed by atoms with Crippen molar-refractivity contribution in [2.24, 2.45) is 5.92 Å². The number of fused-ring (bicyclic) bond motifs is 2. The van der Waals surface area contributed by atoms with E-state index in [0.29, 0.717) is 11.8 Å². The molecule has 3 nitrogen and oxygen atoms in total. The summed E-state index contributed by atoms with van der Waals surface area (Å²) >= 11 is 6.27. The van der Waals surface area contributed by atoms with Gasteiger partial charge in [0.15, 0.2) is 0 Å². The summed E-state index contributed by atoms with van der Waals surface area (Å²) in [7, 11) is 0. The minimum Gasteiger partial charge on any atom is -0.343 e. The summed E-state index contributed by atoms with van der Waals surface area (Å²) in [4.78, 5) is 18.4. The van der Waals surface area contributed by atoms with E-state index in [9.17, 15) is 4.79 Å². The van der Waals surface area contributed by atoms with Crippen LogP contribution >= 0.6 is 11.6 Å². The molecule has 2 aliphatic rings. The number of amides is 1. The Bertz CT molecular complexity index is 797. The molecule has 0 bridgehead atoms. The van der Waals surface area contributed by atoms with Crippen LogP contribution in [0.2, 0.25) is 5.02 Å². The minimum absolute atomic E-state index is 0.185. The highest BCUT2D eigenvalue weighted by Crippen LogP contribution is 2.42. The van der Waals surface area contributed by atoms with Crippen LogP contribution in [0.25, 0.3) is 0 Å². The normalized spacial score (nSPS) is 18.1. The number of carbonyl (C=O) groups excluding carboxylic acids is 1. The summed E-state index contributed by atoms with van der Waals surface area (Å²) in [5, 5.41) is 0.808. The highest BCUT2D eigenvalue weighted by molar-refractivity contribution is 6.30. The Morgan fingerprint density at radius 1 is 1.03 bits per heavy atom. The first-order valence-electron chi connectivity index (χ1n) is 11.1. The van der Waals surface area contributed by atoms with Crippen molar-refractivity contribution in [1.82, 2.24) is 9.88 Å². The van der Waals surface area contributed by atoms with Crippen molar-refractivity contribution in [3.05, 3.63) is 63.9 Å². The van der Waals surface area contributed by atoms with Crippen molar-refractivity contribution in [3.8, 4) is 0 Å². The average Bonchev–Trinajstić information content (AvgIpc) is 2.93. The fourth-order valence-electron chi connectivity index (χ4n) is 4.48. The van der Waals surface area contributed by atoms with Crippen LogP contribution in [0.1, 0.15) is 75.8 Å². The molecule has 2 heterocycles. The van der Waals surface area contributed by atoms with Crippen molar-refractivity contribution in [2.75, 3.05) is 13.1 Å². The number of benzene rings is 1. The number of pyridine rings is 1. The Labute approximate surface area is 181 Å². The number of hydrogen-bond donors (Lipinski definition) is 0. The van der Waals surface area contributed by atoms with Gasteiger partial charge in [0.2, 0.25) is 5.91 Å². The van der Waals surface area contributed by atoms with E-state index < -0.39 is 0 Å². The summed E-state index contributed by atoms with van der Waals surface area (Å²) in [6.07, 6.45) is 6.00. The topological polar surface area (TPSA) is 33.2 Å². The first-order valence-corrected chi connectivity index (χ1v) is 11.5. The van der Waals surface area contributed by atoms with Crippen LogP contribution in [0.15, 0.2) is 36.5 Å². The summed E-state index contributed by atoms with van der Waals surface area (Å²) in [6, 6.07) is 10.6. The standard InChI is InChI=1S/C21H23ClN2O.2C2H6/c1-14(25)24-11-8-15(9-12-24)20-19-7-6-18(22)13-17(19)5-4-16-3-2-10-23-21(16)20;2*1-2/h2-3,6-7,10,13,15,20H,4-5,8-9,11-12H2,1H3;2*1-2H3. The number of nitrogens with zero attached hydrogens (tertiary/aromatic N) is 2. The van der Waals surface area contributed by atoms with Crippen LogP contribution in [0.3, 0.4) is 0 Å². The number of halogens is 1. The van der Waals surface area contributed by atoms with Crippen LogP contribution in [0.4, 0.5) is 0 Å². The third kappa shape index (κ3) is 5.39. The van der Waals surface area contributed by atoms with Gasteiger partial charge in [-0.25, -0.2) is 0 Å². The van der Waals surface area contributed by atoms with E-state index in [0.717, 1.165) is 43.8 Å². The number of carbonyl (C=O) groups is 1. The Balaban J connectivity index is 0.000000707. The van der Waals surface area contributed by atoms with Crippen molar-refractivity contribution < 1.29 is 4.79 Å². The molecule has 2 aromatic rings. The second-order valence-electron chi connectivity index (χ2n) is 7.21. The maximum absolute atomic E-state index is 11.7. The van der Waals surface area contributed by atoms with Gasteiger partial charge in [-0.15, -0.1) is 0 Å². The number of likely N-dealkylation sites (tertiary alicyclic amines) is 1. The van der Waals surface area contributed by atoms with Gasteiger partial charge in [0, 0.05) is 37.2 Å². The summed E-state index contributed by atoms with van der Waals surface area (Å²) in [5.41, 5.74) is 5.31. The lowest BCUT2D eigenvalue weighted by Crippen LogP contribution is -2.38. The maximum Gasteiger partial charge on any atom is 0.219 e. The smallest absolute Gasteiger partial charge is 0.219 e. The van der Waals surface area contributed by atoms with E-state index in [1.807, 2.05) is 50.9 Å². The van der Waals surface area contributed by atoms with E-state index in [4.69, 9.17) is 16.6 Å². The zero-order chi connectivity index (χ0) is 21.4. The van der Waals surface area contributed by atoms with Gasteiger partial charge in [0.1, 0.15) is 0 Å². The van der Waals surface area contributed by atoms with Crippen molar-refractivity contribution >= 4 is 17.5 Å². The molecule has 1 unspecified atom stereocenters. The van der Waals surface area contributed by atoms with Crippen LogP contribution < -0.4 is 0 Å². The Morgan fingerprint density at radius 3 is 2.34 bits per heavy atom. The van der Waals surface area contributed by atoms with Crippen molar-refractivity contribution in [3.63, 3.8) is 0 Å². The molecule has 1 aliphatic carbocycles. The second-order valence-corrected chi connectivity index (χ2v) is 7.65. The molecular weight excluding hydrogens is 380 g/mol. The number of rotatable bonds is 1. The van der Waals surface area contributed by atoms with E-state index >= 15 is 0 Å². The van der Waals surface area contributed by atoms with Gasteiger partial charge in [-0.2, -0.15) is 0 Å². The molecular formula is C25H35ClN2O. The van der Waals surface area contributed by atoms with Crippen molar-refractivity contribution in [1.29, 1.82) is 0 Å². The molecule has 0 radical (unpaired) electrons. The maximum atomic E-state index is 11.7. The van der Waals surface area contributed by atoms with Gasteiger partial charge in [-0.05, 0) is 66.5 Å². The largest absolute Gasteiger partial charge is 0.343 e. The molecule has 0 N–H and O–H groups in total. The molecule has 1 aromatic carbocycles. The summed E-state index contributed by atoms with van der Waals surface area (Å²) in [6.45, 7) is 11.4. The lowest BCUT2D eigenvalue weighted by atomic mass is 9.76. The molecule has 0 saturated carbocycles. The molecule has 1 aromatic heterocycles. The molecule has 4 heteroatoms. The van der Waals surface area contributed by atoms with Gasteiger partial charge in [0.25, 0.3) is 0 Å². The number of aryl methyl sites for hydroxylation is 2. The van der Waals surface area contributed by atoms with Gasteiger partial charge in [-0.3, -0.25) is 9.78 Å². The highest BCUT2D eigenvalue weighted by Gasteiger charge is 2.34. The first-order chi connectivity index (χ1) is 14.1. The molecule has 1 amide bonds. The SMILES string of the molecule is CC.CC.CC(=O)N1CCC(C2c3ccc(Cl)cc3CCc3cccnc32)CC1. The van der Waals surface area contributed by atoms with Gasteiger partial charge in [0.05, 0.1) is 5.69 Å². The van der Waals surface area contributed by atoms with E-state index in [1.54, 1.807) is 6.92 Å². The van der Waals surface area contributed by atoms with Gasteiger partial charge >= 0.3 is 0 Å². The lowest BCUT2D eigenvalue weighted by Gasteiger charge is -2.36. The molecule has 1 fully saturated rings. The van der Waals surface area contributed by atoms with Crippen LogP contribution in [0, 0.1) is 5.92 Å². The fourth-order valence-corrected chi connectivity index (χ4v) is 4.67. The van der Waals surface area contributed by atoms with E-state index in [1.165, 1.54) is 22.4 Å². The van der Waals surface area contributed by atoms with Crippen molar-refractivity contribution in [2.45, 2.75) is 66.2 Å². The quantitative estimate of drug-likeness (QED) is 0.550. The predicted molar refractivity (Wildman–Crippen MR) is 123 cm³/mol. The van der Waals surface area contributed by atoms with Crippen LogP contribution in [-0.4, -0.2) is 28.9 Å². The number of piperidine rings is 1. The molecule has 1 aliphatic heterocycles. The van der Waals surface area contributed by atoms with Crippen LogP contribution in [0.5, 0.6) is 0 Å². The molecule has 1 atom stereocenters. The summed E-state index contributed by atoms with van der Waals surface area (Å²) < 4.78 is 0. The van der Waals surface area contributed by atoms with Crippen LogP contribution in [-0.2, 0) is 17.6 Å². The van der Waals surface area contributed by atoms with E-state index in [2.05, 4.69) is 18.2 Å². The minimum atomic E-state index is 0.185. The molecule has 1 saturated heterocycles. The zero-order valence-electron chi connectivity index (χ0n) is 18.5. The molecule has 4 rings (SSSR count). The monoisotopic (exact) mass is 414 g/mol. The first kappa shape index (κ1) is 23.4. The lowest BCUT2D eigenvalue weighted by molar-refractivity contribution is -0.130. The predicted octanol–water partition coefficient (Wildman–Crippen LogP) is 6.28. The molecule has 29 heavy (non-hydrogen) atoms. The second kappa shape index (κ2) is 11.3. The zero-order valence-corrected chi connectivity index (χ0v) is 19.3. The Kier molecular flexibility index (Phi) is 9.16. The molecule has 158 valence electrons.